The topological polar surface area (TPSA) is 87.7 Å². The van der Waals surface area contributed by atoms with E-state index >= 15 is 0 Å². The summed E-state index contributed by atoms with van der Waals surface area (Å²) in [6, 6.07) is 9.63. The minimum Gasteiger partial charge on any atom is -0.435 e. The van der Waals surface area contributed by atoms with E-state index in [1.54, 1.807) is 6.92 Å². The van der Waals surface area contributed by atoms with Gasteiger partial charge < -0.3 is 20.5 Å². The second-order valence-electron chi connectivity index (χ2n) is 7.38. The summed E-state index contributed by atoms with van der Waals surface area (Å²) in [5.41, 5.74) is 0.284. The summed E-state index contributed by atoms with van der Waals surface area (Å²) < 4.78 is 56.7. The fourth-order valence-electron chi connectivity index (χ4n) is 3.20. The number of rotatable bonds is 8. The van der Waals surface area contributed by atoms with Crippen LogP contribution in [0.1, 0.15) is 37.9 Å². The Kier molecular flexibility index (Phi) is 8.31. The maximum Gasteiger partial charge on any atom is 0.387 e. The summed E-state index contributed by atoms with van der Waals surface area (Å²) in [6.07, 6.45) is 0. The summed E-state index contributed by atoms with van der Waals surface area (Å²) in [6.45, 7) is -2.01. The molecule has 0 fully saturated rings. The molecule has 0 heterocycles. The molecule has 3 aromatic rings. The zero-order valence-corrected chi connectivity index (χ0v) is 18.9. The first-order valence-corrected chi connectivity index (χ1v) is 10.5. The van der Waals surface area contributed by atoms with Gasteiger partial charge in [0, 0.05) is 5.69 Å². The van der Waals surface area contributed by atoms with E-state index in [-0.39, 0.29) is 22.0 Å². The molecule has 3 N–H and O–H groups in total. The number of aliphatic hydroxyl groups is 1. The van der Waals surface area contributed by atoms with E-state index < -0.39 is 48.3 Å². The van der Waals surface area contributed by atoms with Crippen LogP contribution in [0, 0.1) is 18.6 Å². The summed E-state index contributed by atoms with van der Waals surface area (Å²) in [4.78, 5) is 25.5. The number of halogens is 5. The van der Waals surface area contributed by atoms with Crippen molar-refractivity contribution < 1.29 is 37.0 Å². The number of amides is 2. The third kappa shape index (κ3) is 6.49. The quantitative estimate of drug-likeness (QED) is 0.362. The molecule has 1 atom stereocenters. The molecule has 0 saturated carbocycles. The molecule has 2 amide bonds. The first-order chi connectivity index (χ1) is 16.6. The first-order valence-electron chi connectivity index (χ1n) is 10.1. The van der Waals surface area contributed by atoms with Crippen molar-refractivity contribution in [1.29, 1.82) is 0 Å². The van der Waals surface area contributed by atoms with E-state index in [9.17, 15) is 32.3 Å². The summed E-state index contributed by atoms with van der Waals surface area (Å²) >= 11 is 6.02. The smallest absolute Gasteiger partial charge is 0.387 e. The number of nitrogens with one attached hydrogen (secondary N) is 2. The zero-order chi connectivity index (χ0) is 25.7. The van der Waals surface area contributed by atoms with Crippen molar-refractivity contribution in [1.82, 2.24) is 5.32 Å². The van der Waals surface area contributed by atoms with E-state index in [2.05, 4.69) is 15.4 Å². The number of aryl methyl sites for hydroxylation is 1. The van der Waals surface area contributed by atoms with E-state index in [4.69, 9.17) is 11.6 Å². The van der Waals surface area contributed by atoms with Crippen LogP contribution in [0.3, 0.4) is 0 Å². The van der Waals surface area contributed by atoms with Gasteiger partial charge in [0.2, 0.25) is 0 Å². The van der Waals surface area contributed by atoms with Crippen molar-refractivity contribution in [2.24, 2.45) is 0 Å². The van der Waals surface area contributed by atoms with Crippen LogP contribution in [0.4, 0.5) is 23.2 Å². The minimum atomic E-state index is -3.01. The second-order valence-corrected chi connectivity index (χ2v) is 7.79. The van der Waals surface area contributed by atoms with Gasteiger partial charge >= 0.3 is 6.61 Å². The lowest BCUT2D eigenvalue weighted by Crippen LogP contribution is -2.31. The summed E-state index contributed by atoms with van der Waals surface area (Å²) in [5, 5.41) is 14.3. The molecule has 0 radical (unpaired) electrons. The van der Waals surface area contributed by atoms with E-state index in [0.29, 0.717) is 11.1 Å². The van der Waals surface area contributed by atoms with Crippen LogP contribution in [-0.2, 0) is 0 Å². The van der Waals surface area contributed by atoms with Gasteiger partial charge in [0.25, 0.3) is 11.8 Å². The number of carbonyl (C=O) groups excluding carboxylic acids is 2. The molecule has 0 saturated heterocycles. The lowest BCUT2D eigenvalue weighted by Gasteiger charge is -2.18. The van der Waals surface area contributed by atoms with Crippen molar-refractivity contribution in [3.8, 4) is 5.75 Å². The van der Waals surface area contributed by atoms with Crippen LogP contribution in [0.2, 0.25) is 5.02 Å². The van der Waals surface area contributed by atoms with Gasteiger partial charge in [0.05, 0.1) is 28.8 Å². The van der Waals surface area contributed by atoms with Crippen LogP contribution in [0.15, 0.2) is 54.6 Å². The number of alkyl halides is 2. The normalized spacial score (nSPS) is 11.8. The van der Waals surface area contributed by atoms with Gasteiger partial charge in [0.1, 0.15) is 17.4 Å². The van der Waals surface area contributed by atoms with Crippen molar-refractivity contribution >= 4 is 29.1 Å². The minimum absolute atomic E-state index is 0.103. The summed E-state index contributed by atoms with van der Waals surface area (Å²) in [5.74, 6) is -3.35. The van der Waals surface area contributed by atoms with Gasteiger partial charge in [-0.05, 0) is 60.5 Å². The lowest BCUT2D eigenvalue weighted by molar-refractivity contribution is -0.0498. The van der Waals surface area contributed by atoms with E-state index in [0.717, 1.165) is 24.3 Å². The van der Waals surface area contributed by atoms with Gasteiger partial charge in [-0.15, -0.1) is 0 Å². The van der Waals surface area contributed by atoms with E-state index in [1.807, 2.05) is 0 Å². The third-order valence-corrected chi connectivity index (χ3v) is 5.29. The van der Waals surface area contributed by atoms with Crippen LogP contribution >= 0.6 is 11.6 Å². The number of ether oxygens (including phenoxy) is 1. The average molecular weight is 511 g/mol. The molecule has 0 bridgehead atoms. The maximum absolute atomic E-state index is 14.5. The Morgan fingerprint density at radius 2 is 1.69 bits per heavy atom. The maximum atomic E-state index is 14.5. The molecule has 1 unspecified atom stereocenters. The number of aliphatic hydroxyl groups excluding tert-OH is 1. The molecule has 3 aromatic carbocycles. The Labute approximate surface area is 202 Å². The standard InChI is InChI=1S/C24H19ClF4N2O4/c1-12-8-15(35-24(28)29)6-7-20(12)30-22(33)16-9-17(19(27)10-18(16)25)23(34)31-21(11-32)13-2-4-14(26)5-3-13/h2-10,21,24,32H,11H2,1H3,(H,30,33)(H,31,34). The Hall–Kier alpha value is -3.63. The Balaban J connectivity index is 1.82. The van der Waals surface area contributed by atoms with Gasteiger partial charge in [-0.2, -0.15) is 8.78 Å². The molecular formula is C24H19ClF4N2O4. The molecular weight excluding hydrogens is 492 g/mol. The number of hydrogen-bond acceptors (Lipinski definition) is 4. The first kappa shape index (κ1) is 26.0. The molecule has 0 aromatic heterocycles. The van der Waals surface area contributed by atoms with Gasteiger partial charge in [-0.1, -0.05) is 23.7 Å². The molecule has 3 rings (SSSR count). The highest BCUT2D eigenvalue weighted by Crippen LogP contribution is 2.26. The molecule has 11 heteroatoms. The number of benzene rings is 3. The molecule has 0 aliphatic carbocycles. The Morgan fingerprint density at radius 1 is 1.00 bits per heavy atom. The van der Waals surface area contributed by atoms with Crippen LogP contribution in [0.25, 0.3) is 0 Å². The molecule has 6 nitrogen and oxygen atoms in total. The highest BCUT2D eigenvalue weighted by molar-refractivity contribution is 6.34. The van der Waals surface area contributed by atoms with Crippen LogP contribution in [-0.4, -0.2) is 30.1 Å². The number of hydrogen-bond donors (Lipinski definition) is 3. The Bertz CT molecular complexity index is 1240. The van der Waals surface area contributed by atoms with E-state index in [1.165, 1.54) is 30.3 Å². The second kappa shape index (κ2) is 11.2. The number of carbonyl (C=O) groups is 2. The zero-order valence-electron chi connectivity index (χ0n) is 18.1. The summed E-state index contributed by atoms with van der Waals surface area (Å²) in [7, 11) is 0. The van der Waals surface area contributed by atoms with Gasteiger partial charge in [-0.25, -0.2) is 8.78 Å². The predicted octanol–water partition coefficient (Wildman–Crippen LogP) is 5.24. The fraction of sp³-hybridized carbons (Fsp3) is 0.167. The van der Waals surface area contributed by atoms with Crippen molar-refractivity contribution in [2.45, 2.75) is 19.6 Å². The molecule has 184 valence electrons. The van der Waals surface area contributed by atoms with Gasteiger partial charge in [-0.3, -0.25) is 9.59 Å². The largest absolute Gasteiger partial charge is 0.435 e. The Morgan fingerprint density at radius 3 is 2.29 bits per heavy atom. The van der Waals surface area contributed by atoms with Crippen LogP contribution < -0.4 is 15.4 Å². The molecule has 0 aliphatic rings. The third-order valence-electron chi connectivity index (χ3n) is 4.98. The average Bonchev–Trinajstić information content (AvgIpc) is 2.79. The lowest BCUT2D eigenvalue weighted by atomic mass is 10.0. The molecule has 35 heavy (non-hydrogen) atoms. The van der Waals surface area contributed by atoms with Gasteiger partial charge in [0.15, 0.2) is 0 Å². The highest BCUT2D eigenvalue weighted by Gasteiger charge is 2.22. The predicted molar refractivity (Wildman–Crippen MR) is 121 cm³/mol. The van der Waals surface area contributed by atoms with Crippen LogP contribution in [0.5, 0.6) is 5.75 Å². The molecule has 0 spiro atoms. The highest BCUT2D eigenvalue weighted by atomic mass is 35.5. The van der Waals surface area contributed by atoms with Crippen molar-refractivity contribution in [3.05, 3.63) is 93.5 Å². The monoisotopic (exact) mass is 510 g/mol. The van der Waals surface area contributed by atoms with Crippen molar-refractivity contribution in [2.75, 3.05) is 11.9 Å². The fourth-order valence-corrected chi connectivity index (χ4v) is 3.44. The number of anilines is 1. The molecule has 0 aliphatic heterocycles. The SMILES string of the molecule is Cc1cc(OC(F)F)ccc1NC(=O)c1cc(C(=O)NC(CO)c2ccc(F)cc2)c(F)cc1Cl. The van der Waals surface area contributed by atoms with Crippen molar-refractivity contribution in [3.63, 3.8) is 0 Å².